The van der Waals surface area contributed by atoms with E-state index in [-0.39, 0.29) is 12.4 Å². The van der Waals surface area contributed by atoms with Gasteiger partial charge in [0, 0.05) is 11.1 Å². The van der Waals surface area contributed by atoms with Gasteiger partial charge in [-0.1, -0.05) is 35.3 Å². The number of anilines is 2. The van der Waals surface area contributed by atoms with E-state index in [1.54, 1.807) is 12.1 Å². The fourth-order valence-corrected chi connectivity index (χ4v) is 2.62. The first kappa shape index (κ1) is 15.9. The van der Waals surface area contributed by atoms with Gasteiger partial charge in [0.1, 0.15) is 17.4 Å². The van der Waals surface area contributed by atoms with Crippen LogP contribution in [0.1, 0.15) is 0 Å². The number of rotatable bonds is 2. The molecule has 2 aromatic heterocycles. The SMILES string of the molecule is Cl.Clc1ccc(Nc2ncnc3c2oc2ccccc23)cc1Cl. The average Bonchev–Trinajstić information content (AvgIpc) is 2.91. The zero-order chi connectivity index (χ0) is 15.1. The predicted octanol–water partition coefficient (Wildman–Crippen LogP) is 5.85. The first-order valence-electron chi connectivity index (χ1n) is 6.57. The molecule has 4 nitrogen and oxygen atoms in total. The summed E-state index contributed by atoms with van der Waals surface area (Å²) in [5.74, 6) is 0.583. The molecule has 0 aliphatic carbocycles. The molecule has 2 heterocycles. The molecule has 0 aliphatic rings. The van der Waals surface area contributed by atoms with Crippen molar-refractivity contribution in [2.24, 2.45) is 0 Å². The molecule has 0 aliphatic heterocycles. The molecule has 4 rings (SSSR count). The zero-order valence-electron chi connectivity index (χ0n) is 11.6. The van der Waals surface area contributed by atoms with Gasteiger partial charge in [-0.15, -0.1) is 12.4 Å². The van der Waals surface area contributed by atoms with E-state index in [0.29, 0.717) is 21.4 Å². The Morgan fingerprint density at radius 1 is 0.957 bits per heavy atom. The largest absolute Gasteiger partial charge is 0.450 e. The van der Waals surface area contributed by atoms with Crippen LogP contribution in [0.4, 0.5) is 11.5 Å². The molecule has 0 bridgehead atoms. The Morgan fingerprint density at radius 2 is 1.78 bits per heavy atom. The number of para-hydroxylation sites is 1. The molecule has 116 valence electrons. The Bertz CT molecular complexity index is 1000. The molecule has 1 N–H and O–H groups in total. The summed E-state index contributed by atoms with van der Waals surface area (Å²) in [6, 6.07) is 13.0. The van der Waals surface area contributed by atoms with Crippen LogP contribution in [-0.4, -0.2) is 9.97 Å². The average molecular weight is 367 g/mol. The topological polar surface area (TPSA) is 51.0 Å². The van der Waals surface area contributed by atoms with Crippen LogP contribution in [0.25, 0.3) is 22.1 Å². The lowest BCUT2D eigenvalue weighted by atomic mass is 10.2. The molecule has 0 saturated heterocycles. The van der Waals surface area contributed by atoms with Gasteiger partial charge in [0.05, 0.1) is 10.0 Å². The second-order valence-corrected chi connectivity index (χ2v) is 5.57. The van der Waals surface area contributed by atoms with Crippen molar-refractivity contribution in [1.29, 1.82) is 0 Å². The van der Waals surface area contributed by atoms with Crippen molar-refractivity contribution in [1.82, 2.24) is 9.97 Å². The summed E-state index contributed by atoms with van der Waals surface area (Å²) in [7, 11) is 0. The van der Waals surface area contributed by atoms with E-state index in [4.69, 9.17) is 27.6 Å². The van der Waals surface area contributed by atoms with Gasteiger partial charge in [-0.25, -0.2) is 9.97 Å². The van der Waals surface area contributed by atoms with Gasteiger partial charge in [-0.3, -0.25) is 0 Å². The molecule has 0 spiro atoms. The molecule has 0 amide bonds. The van der Waals surface area contributed by atoms with Crippen LogP contribution in [0.15, 0.2) is 53.2 Å². The molecule has 7 heteroatoms. The van der Waals surface area contributed by atoms with Crippen LogP contribution in [0.2, 0.25) is 10.0 Å². The van der Waals surface area contributed by atoms with E-state index in [1.807, 2.05) is 30.3 Å². The van der Waals surface area contributed by atoms with E-state index in [9.17, 15) is 0 Å². The monoisotopic (exact) mass is 365 g/mol. The number of hydrogen-bond acceptors (Lipinski definition) is 4. The molecular weight excluding hydrogens is 357 g/mol. The highest BCUT2D eigenvalue weighted by atomic mass is 35.5. The number of furan rings is 1. The Labute approximate surface area is 147 Å². The first-order chi connectivity index (χ1) is 10.7. The first-order valence-corrected chi connectivity index (χ1v) is 7.32. The van der Waals surface area contributed by atoms with E-state index in [1.165, 1.54) is 6.33 Å². The minimum atomic E-state index is 0. The van der Waals surface area contributed by atoms with E-state index in [2.05, 4.69) is 15.3 Å². The van der Waals surface area contributed by atoms with Crippen molar-refractivity contribution in [2.45, 2.75) is 0 Å². The number of aromatic nitrogens is 2. The van der Waals surface area contributed by atoms with Crippen molar-refractivity contribution in [2.75, 3.05) is 5.32 Å². The molecule has 23 heavy (non-hydrogen) atoms. The highest BCUT2D eigenvalue weighted by molar-refractivity contribution is 6.42. The summed E-state index contributed by atoms with van der Waals surface area (Å²) in [5.41, 5.74) is 2.92. The third kappa shape index (κ3) is 2.81. The lowest BCUT2D eigenvalue weighted by Gasteiger charge is -2.06. The zero-order valence-corrected chi connectivity index (χ0v) is 13.9. The minimum absolute atomic E-state index is 0. The number of hydrogen-bond donors (Lipinski definition) is 1. The van der Waals surface area contributed by atoms with Crippen LogP contribution < -0.4 is 5.32 Å². The van der Waals surface area contributed by atoms with Gasteiger partial charge < -0.3 is 9.73 Å². The number of nitrogens with one attached hydrogen (secondary N) is 1. The van der Waals surface area contributed by atoms with Crippen LogP contribution in [0.3, 0.4) is 0 Å². The second kappa shape index (κ2) is 6.24. The van der Waals surface area contributed by atoms with E-state index in [0.717, 1.165) is 22.2 Å². The quantitative estimate of drug-likeness (QED) is 0.483. The summed E-state index contributed by atoms with van der Waals surface area (Å²) in [4.78, 5) is 8.57. The van der Waals surface area contributed by atoms with E-state index >= 15 is 0 Å². The molecule has 0 fully saturated rings. The summed E-state index contributed by atoms with van der Waals surface area (Å²) >= 11 is 12.0. The second-order valence-electron chi connectivity index (χ2n) is 4.75. The van der Waals surface area contributed by atoms with Gasteiger partial charge in [0.2, 0.25) is 0 Å². The third-order valence-electron chi connectivity index (χ3n) is 3.34. The van der Waals surface area contributed by atoms with Crippen LogP contribution >= 0.6 is 35.6 Å². The third-order valence-corrected chi connectivity index (χ3v) is 4.08. The lowest BCUT2D eigenvalue weighted by Crippen LogP contribution is -1.94. The van der Waals surface area contributed by atoms with Crippen LogP contribution in [0.5, 0.6) is 0 Å². The molecule has 0 radical (unpaired) electrons. The van der Waals surface area contributed by atoms with Crippen LogP contribution in [-0.2, 0) is 0 Å². The summed E-state index contributed by atoms with van der Waals surface area (Å²) < 4.78 is 5.86. The Morgan fingerprint density at radius 3 is 2.61 bits per heavy atom. The summed E-state index contributed by atoms with van der Waals surface area (Å²) in [6.45, 7) is 0. The van der Waals surface area contributed by atoms with Crippen LogP contribution in [0, 0.1) is 0 Å². The van der Waals surface area contributed by atoms with Gasteiger partial charge in [0.25, 0.3) is 0 Å². The Kier molecular flexibility index (Phi) is 4.31. The molecule has 2 aromatic carbocycles. The Hall–Kier alpha value is -2.01. The van der Waals surface area contributed by atoms with E-state index < -0.39 is 0 Å². The lowest BCUT2D eigenvalue weighted by molar-refractivity contribution is 0.667. The summed E-state index contributed by atoms with van der Waals surface area (Å²) in [5, 5.41) is 5.12. The van der Waals surface area contributed by atoms with Gasteiger partial charge in [-0.05, 0) is 30.3 Å². The van der Waals surface area contributed by atoms with Crippen molar-refractivity contribution >= 4 is 69.2 Å². The predicted molar refractivity (Wildman–Crippen MR) is 96.3 cm³/mol. The number of halogens is 3. The maximum absolute atomic E-state index is 6.03. The number of fused-ring (bicyclic) bond motifs is 3. The highest BCUT2D eigenvalue weighted by Crippen LogP contribution is 2.32. The maximum atomic E-state index is 6.03. The van der Waals surface area contributed by atoms with Crippen molar-refractivity contribution < 1.29 is 4.42 Å². The highest BCUT2D eigenvalue weighted by Gasteiger charge is 2.13. The standard InChI is InChI=1S/C16H9Cl2N3O.ClH/c17-11-6-5-9(7-12(11)18)21-16-15-14(19-8-20-16)10-3-1-2-4-13(10)22-15;/h1-8H,(H,19,20,21);1H. The number of nitrogens with zero attached hydrogens (tertiary/aromatic N) is 2. The van der Waals surface area contributed by atoms with Crippen molar-refractivity contribution in [3.63, 3.8) is 0 Å². The molecule has 4 aromatic rings. The van der Waals surface area contributed by atoms with Gasteiger partial charge in [0.15, 0.2) is 11.4 Å². The fourth-order valence-electron chi connectivity index (χ4n) is 2.32. The molecule has 0 atom stereocenters. The van der Waals surface area contributed by atoms with Crippen molar-refractivity contribution in [3.05, 3.63) is 58.8 Å². The Balaban J connectivity index is 0.00000156. The van der Waals surface area contributed by atoms with Gasteiger partial charge in [-0.2, -0.15) is 0 Å². The number of benzene rings is 2. The normalized spacial score (nSPS) is 10.7. The smallest absolute Gasteiger partial charge is 0.196 e. The fraction of sp³-hybridized carbons (Fsp3) is 0. The minimum Gasteiger partial charge on any atom is -0.450 e. The molecular formula is C16H10Cl3N3O. The van der Waals surface area contributed by atoms with Crippen molar-refractivity contribution in [3.8, 4) is 0 Å². The summed E-state index contributed by atoms with van der Waals surface area (Å²) in [6.07, 6.45) is 1.50. The molecule has 0 saturated carbocycles. The molecule has 0 unspecified atom stereocenters. The maximum Gasteiger partial charge on any atom is 0.196 e. The van der Waals surface area contributed by atoms with Gasteiger partial charge >= 0.3 is 0 Å².